The highest BCUT2D eigenvalue weighted by Crippen LogP contribution is 2.18. The molecule has 0 radical (unpaired) electrons. The summed E-state index contributed by atoms with van der Waals surface area (Å²) in [4.78, 5) is 0. The second-order valence-electron chi connectivity index (χ2n) is 3.09. The summed E-state index contributed by atoms with van der Waals surface area (Å²) in [7, 11) is 1.65. The Bertz CT molecular complexity index is 167. The van der Waals surface area contributed by atoms with Crippen LogP contribution in [0.1, 0.15) is 0 Å². The van der Waals surface area contributed by atoms with Gasteiger partial charge in [0.1, 0.15) is 24.4 Å². The second kappa shape index (κ2) is 4.32. The standard InChI is InChI=1S/C7H15NO5/c1-8-2-3-4(9)5(10)6(11)7(12)13-3/h3-12H,2H2,1H3/t3-,4-,5+,6-,7?/m1/s1. The Kier molecular flexibility index (Phi) is 3.60. The average Bonchev–Trinajstić information content (AvgIpc) is 2.11. The van der Waals surface area contributed by atoms with E-state index in [1.165, 1.54) is 0 Å². The molecule has 78 valence electrons. The van der Waals surface area contributed by atoms with Gasteiger partial charge in [0.25, 0.3) is 0 Å². The largest absolute Gasteiger partial charge is 0.388 e. The fourth-order valence-corrected chi connectivity index (χ4v) is 1.30. The molecule has 0 aliphatic carbocycles. The van der Waals surface area contributed by atoms with Gasteiger partial charge in [-0.25, -0.2) is 0 Å². The SMILES string of the molecule is CNC[C@H]1OC(O)[C@H](O)[C@@H](O)[C@@H]1O. The van der Waals surface area contributed by atoms with Crippen molar-refractivity contribution in [1.29, 1.82) is 0 Å². The van der Waals surface area contributed by atoms with Crippen molar-refractivity contribution in [3.63, 3.8) is 0 Å². The van der Waals surface area contributed by atoms with Crippen LogP contribution < -0.4 is 5.32 Å². The summed E-state index contributed by atoms with van der Waals surface area (Å²) < 4.78 is 4.85. The molecule has 1 aliphatic heterocycles. The van der Waals surface area contributed by atoms with Crippen molar-refractivity contribution < 1.29 is 25.2 Å². The third-order valence-corrected chi connectivity index (χ3v) is 2.09. The lowest BCUT2D eigenvalue weighted by molar-refractivity contribution is -0.280. The molecule has 0 spiro atoms. The minimum Gasteiger partial charge on any atom is -0.388 e. The first-order valence-electron chi connectivity index (χ1n) is 4.10. The minimum absolute atomic E-state index is 0.294. The van der Waals surface area contributed by atoms with Crippen LogP contribution in [0.2, 0.25) is 0 Å². The Hall–Kier alpha value is -0.240. The molecule has 1 fully saturated rings. The predicted octanol–water partition coefficient (Wildman–Crippen LogP) is -2.99. The lowest BCUT2D eigenvalue weighted by Gasteiger charge is -2.38. The molecule has 1 unspecified atom stereocenters. The van der Waals surface area contributed by atoms with Gasteiger partial charge in [0.05, 0.1) is 0 Å². The monoisotopic (exact) mass is 193 g/mol. The number of likely N-dealkylation sites (N-methyl/N-ethyl adjacent to an activating group) is 1. The van der Waals surface area contributed by atoms with Gasteiger partial charge in [0.15, 0.2) is 6.29 Å². The summed E-state index contributed by atoms with van der Waals surface area (Å²) in [5.74, 6) is 0. The van der Waals surface area contributed by atoms with Gasteiger partial charge in [0, 0.05) is 6.54 Å². The fraction of sp³-hybridized carbons (Fsp3) is 1.00. The number of aliphatic hydroxyl groups is 4. The number of aliphatic hydroxyl groups excluding tert-OH is 4. The highest BCUT2D eigenvalue weighted by atomic mass is 16.6. The van der Waals surface area contributed by atoms with Crippen molar-refractivity contribution >= 4 is 0 Å². The van der Waals surface area contributed by atoms with E-state index in [4.69, 9.17) is 14.9 Å². The molecule has 0 aromatic rings. The van der Waals surface area contributed by atoms with E-state index in [0.29, 0.717) is 6.54 Å². The highest BCUT2D eigenvalue weighted by Gasteiger charge is 2.42. The number of hydrogen-bond acceptors (Lipinski definition) is 6. The van der Waals surface area contributed by atoms with Gasteiger partial charge in [-0.1, -0.05) is 0 Å². The van der Waals surface area contributed by atoms with Crippen LogP contribution in [0.3, 0.4) is 0 Å². The van der Waals surface area contributed by atoms with Crippen LogP contribution in [0.4, 0.5) is 0 Å². The van der Waals surface area contributed by atoms with Crippen molar-refractivity contribution in [2.45, 2.75) is 30.7 Å². The maximum atomic E-state index is 9.37. The average molecular weight is 193 g/mol. The molecule has 6 heteroatoms. The van der Waals surface area contributed by atoms with Gasteiger partial charge in [-0.05, 0) is 7.05 Å². The van der Waals surface area contributed by atoms with Crippen molar-refractivity contribution in [2.75, 3.05) is 13.6 Å². The molecule has 5 N–H and O–H groups in total. The van der Waals surface area contributed by atoms with E-state index in [1.54, 1.807) is 7.05 Å². The topological polar surface area (TPSA) is 102 Å². The van der Waals surface area contributed by atoms with Crippen LogP contribution >= 0.6 is 0 Å². The normalized spacial score (nSPS) is 46.4. The summed E-state index contributed by atoms with van der Waals surface area (Å²) in [5.41, 5.74) is 0. The van der Waals surface area contributed by atoms with Crippen molar-refractivity contribution in [3.8, 4) is 0 Å². The summed E-state index contributed by atoms with van der Waals surface area (Å²) in [6.07, 6.45) is -6.17. The van der Waals surface area contributed by atoms with Crippen LogP contribution in [-0.4, -0.2) is 64.7 Å². The number of nitrogens with one attached hydrogen (secondary N) is 1. The Balaban J connectivity index is 2.59. The third-order valence-electron chi connectivity index (χ3n) is 2.09. The quantitative estimate of drug-likeness (QED) is 0.320. The molecule has 13 heavy (non-hydrogen) atoms. The van der Waals surface area contributed by atoms with Crippen LogP contribution in [0.5, 0.6) is 0 Å². The maximum Gasteiger partial charge on any atom is 0.184 e. The zero-order chi connectivity index (χ0) is 10.0. The molecule has 0 aromatic heterocycles. The zero-order valence-corrected chi connectivity index (χ0v) is 7.29. The van der Waals surface area contributed by atoms with Gasteiger partial charge in [-0.2, -0.15) is 0 Å². The second-order valence-corrected chi connectivity index (χ2v) is 3.09. The van der Waals surface area contributed by atoms with Crippen molar-refractivity contribution in [1.82, 2.24) is 5.32 Å². The molecule has 0 saturated carbocycles. The van der Waals surface area contributed by atoms with Crippen molar-refractivity contribution in [3.05, 3.63) is 0 Å². The van der Waals surface area contributed by atoms with Gasteiger partial charge in [0.2, 0.25) is 0 Å². The summed E-state index contributed by atoms with van der Waals surface area (Å²) >= 11 is 0. The molecule has 1 rings (SSSR count). The Morgan fingerprint density at radius 3 is 2.23 bits per heavy atom. The van der Waals surface area contributed by atoms with E-state index in [0.717, 1.165) is 0 Å². The van der Waals surface area contributed by atoms with E-state index in [1.807, 2.05) is 0 Å². The summed E-state index contributed by atoms with van der Waals surface area (Å²) in [6, 6.07) is 0. The first-order chi connectivity index (χ1) is 6.07. The minimum atomic E-state index is -1.46. The van der Waals surface area contributed by atoms with E-state index >= 15 is 0 Å². The molecular weight excluding hydrogens is 178 g/mol. The lowest BCUT2D eigenvalue weighted by Crippen LogP contribution is -2.59. The molecule has 0 aromatic carbocycles. The van der Waals surface area contributed by atoms with Gasteiger partial charge < -0.3 is 30.5 Å². The van der Waals surface area contributed by atoms with E-state index in [9.17, 15) is 10.2 Å². The van der Waals surface area contributed by atoms with E-state index < -0.39 is 30.7 Å². The van der Waals surface area contributed by atoms with Gasteiger partial charge in [-0.15, -0.1) is 0 Å². The fourth-order valence-electron chi connectivity index (χ4n) is 1.30. The van der Waals surface area contributed by atoms with Gasteiger partial charge in [-0.3, -0.25) is 0 Å². The first kappa shape index (κ1) is 10.8. The molecule has 0 amide bonds. The molecule has 6 nitrogen and oxygen atoms in total. The van der Waals surface area contributed by atoms with Crippen LogP contribution in [-0.2, 0) is 4.74 Å². The lowest BCUT2D eigenvalue weighted by atomic mass is 9.99. The summed E-state index contributed by atoms with van der Waals surface area (Å²) in [6.45, 7) is 0.294. The number of hydrogen-bond donors (Lipinski definition) is 5. The van der Waals surface area contributed by atoms with Crippen LogP contribution in [0.25, 0.3) is 0 Å². The first-order valence-corrected chi connectivity index (χ1v) is 4.10. The molecule has 1 aliphatic rings. The number of rotatable bonds is 2. The van der Waals surface area contributed by atoms with Crippen molar-refractivity contribution in [2.24, 2.45) is 0 Å². The molecule has 5 atom stereocenters. The Labute approximate surface area is 75.8 Å². The van der Waals surface area contributed by atoms with E-state index in [-0.39, 0.29) is 0 Å². The smallest absolute Gasteiger partial charge is 0.184 e. The van der Waals surface area contributed by atoms with Crippen LogP contribution in [0.15, 0.2) is 0 Å². The maximum absolute atomic E-state index is 9.37. The predicted molar refractivity (Wildman–Crippen MR) is 42.8 cm³/mol. The third kappa shape index (κ3) is 2.16. The summed E-state index contributed by atoms with van der Waals surface area (Å²) in [5, 5.41) is 39.5. The molecule has 1 saturated heterocycles. The Morgan fingerprint density at radius 1 is 1.08 bits per heavy atom. The molecular formula is C7H15NO5. The number of ether oxygens (including phenoxy) is 1. The highest BCUT2D eigenvalue weighted by molar-refractivity contribution is 4.89. The zero-order valence-electron chi connectivity index (χ0n) is 7.29. The molecule has 0 bridgehead atoms. The van der Waals surface area contributed by atoms with E-state index in [2.05, 4.69) is 5.32 Å². The Morgan fingerprint density at radius 2 is 1.69 bits per heavy atom. The van der Waals surface area contributed by atoms with Gasteiger partial charge >= 0.3 is 0 Å². The molecule has 1 heterocycles. The van der Waals surface area contributed by atoms with Crippen LogP contribution in [0, 0.1) is 0 Å².